The first kappa shape index (κ1) is 13.4. The van der Waals surface area contributed by atoms with Gasteiger partial charge in [-0.05, 0) is 6.07 Å². The fourth-order valence-corrected chi connectivity index (χ4v) is 1.63. The minimum Gasteiger partial charge on any atom is -0.390 e. The fourth-order valence-electron chi connectivity index (χ4n) is 1.63. The number of hydrogen-bond donors (Lipinski definition) is 1. The average molecular weight is 275 g/mol. The van der Waals surface area contributed by atoms with Crippen molar-refractivity contribution in [3.05, 3.63) is 53.1 Å². The van der Waals surface area contributed by atoms with Crippen LogP contribution < -0.4 is 0 Å². The van der Waals surface area contributed by atoms with E-state index >= 15 is 0 Å². The van der Waals surface area contributed by atoms with Crippen LogP contribution in [0.5, 0.6) is 0 Å². The Morgan fingerprint density at radius 1 is 0.895 bits per heavy atom. The summed E-state index contributed by atoms with van der Waals surface area (Å²) in [6.07, 6.45) is 1.22. The van der Waals surface area contributed by atoms with Crippen molar-refractivity contribution in [3.63, 3.8) is 0 Å². The van der Waals surface area contributed by atoms with E-state index in [2.05, 4.69) is 4.98 Å². The summed E-state index contributed by atoms with van der Waals surface area (Å²) in [6.45, 7) is -0.699. The van der Waals surface area contributed by atoms with E-state index in [4.69, 9.17) is 5.11 Å². The molecule has 0 spiro atoms. The van der Waals surface area contributed by atoms with Crippen LogP contribution in [-0.4, -0.2) is 10.1 Å². The van der Waals surface area contributed by atoms with E-state index in [-0.39, 0.29) is 11.3 Å². The highest BCUT2D eigenvalue weighted by atomic mass is 19.2. The molecule has 0 fully saturated rings. The molecule has 0 aliphatic rings. The van der Waals surface area contributed by atoms with Crippen LogP contribution in [0.3, 0.4) is 0 Å². The van der Waals surface area contributed by atoms with Gasteiger partial charge >= 0.3 is 0 Å². The first-order chi connectivity index (χ1) is 8.99. The summed E-state index contributed by atoms with van der Waals surface area (Å²) in [7, 11) is 0. The summed E-state index contributed by atoms with van der Waals surface area (Å²) in [4.78, 5) is 3.62. The number of pyridine rings is 1. The average Bonchev–Trinajstić information content (AvgIpc) is 2.44. The van der Waals surface area contributed by atoms with Gasteiger partial charge in [0.05, 0.1) is 17.9 Å². The van der Waals surface area contributed by atoms with E-state index in [0.717, 1.165) is 6.07 Å². The van der Waals surface area contributed by atoms with Crippen LogP contribution in [0, 0.1) is 29.1 Å². The number of hydrogen-bond acceptors (Lipinski definition) is 2. The summed E-state index contributed by atoms with van der Waals surface area (Å²) < 4.78 is 66.2. The quantitative estimate of drug-likeness (QED) is 0.519. The molecule has 0 radical (unpaired) electrons. The normalized spacial score (nSPS) is 10.8. The molecule has 0 atom stereocenters. The maximum absolute atomic E-state index is 13.6. The van der Waals surface area contributed by atoms with Crippen molar-refractivity contribution in [2.45, 2.75) is 6.61 Å². The molecule has 7 heteroatoms. The van der Waals surface area contributed by atoms with Gasteiger partial charge in [0.1, 0.15) is 0 Å². The lowest BCUT2D eigenvalue weighted by molar-refractivity contribution is 0.277. The molecule has 0 amide bonds. The molecule has 0 aliphatic heterocycles. The maximum Gasteiger partial charge on any atom is 0.200 e. The summed E-state index contributed by atoms with van der Waals surface area (Å²) in [5, 5.41) is 8.99. The molecule has 1 aromatic carbocycles. The molecule has 2 rings (SSSR count). The van der Waals surface area contributed by atoms with Crippen LogP contribution in [0.1, 0.15) is 5.69 Å². The predicted molar refractivity (Wildman–Crippen MR) is 55.4 cm³/mol. The van der Waals surface area contributed by atoms with Crippen molar-refractivity contribution in [3.8, 4) is 11.1 Å². The zero-order valence-electron chi connectivity index (χ0n) is 9.22. The zero-order valence-corrected chi connectivity index (χ0v) is 9.22. The Hall–Kier alpha value is -2.02. The first-order valence-electron chi connectivity index (χ1n) is 5.05. The topological polar surface area (TPSA) is 33.1 Å². The molecule has 19 heavy (non-hydrogen) atoms. The molecular formula is C12H6F5NO. The van der Waals surface area contributed by atoms with Crippen LogP contribution in [0.2, 0.25) is 0 Å². The summed E-state index contributed by atoms with van der Waals surface area (Å²) in [6, 6.07) is 2.36. The molecule has 2 nitrogen and oxygen atoms in total. The van der Waals surface area contributed by atoms with Crippen molar-refractivity contribution < 1.29 is 27.1 Å². The smallest absolute Gasteiger partial charge is 0.200 e. The van der Waals surface area contributed by atoms with Gasteiger partial charge in [-0.15, -0.1) is 0 Å². The number of benzene rings is 1. The minimum absolute atomic E-state index is 0.189. The van der Waals surface area contributed by atoms with Crippen molar-refractivity contribution >= 4 is 0 Å². The van der Waals surface area contributed by atoms with Crippen LogP contribution in [0.4, 0.5) is 22.0 Å². The van der Waals surface area contributed by atoms with E-state index in [1.165, 1.54) is 12.3 Å². The first-order valence-corrected chi connectivity index (χ1v) is 5.05. The molecule has 1 aromatic heterocycles. The monoisotopic (exact) mass is 275 g/mol. The number of rotatable bonds is 2. The third kappa shape index (κ3) is 2.06. The van der Waals surface area contributed by atoms with Crippen LogP contribution in [0.25, 0.3) is 11.1 Å². The van der Waals surface area contributed by atoms with Gasteiger partial charge in [-0.1, -0.05) is 6.07 Å². The Morgan fingerprint density at radius 2 is 1.42 bits per heavy atom. The standard InChI is InChI=1S/C12H6F5NO/c13-8-7(5-2-1-3-18-6(5)4-19)9(14)11(16)12(17)10(8)15/h1-3,19H,4H2. The highest BCUT2D eigenvalue weighted by Crippen LogP contribution is 2.32. The Morgan fingerprint density at radius 3 is 1.95 bits per heavy atom. The molecule has 2 aromatic rings. The zero-order chi connectivity index (χ0) is 14.2. The van der Waals surface area contributed by atoms with Gasteiger partial charge < -0.3 is 5.11 Å². The third-order valence-electron chi connectivity index (χ3n) is 2.52. The van der Waals surface area contributed by atoms with Gasteiger partial charge in [-0.3, -0.25) is 4.98 Å². The molecule has 1 heterocycles. The lowest BCUT2D eigenvalue weighted by Gasteiger charge is -2.10. The second-order valence-corrected chi connectivity index (χ2v) is 3.60. The lowest BCUT2D eigenvalue weighted by Crippen LogP contribution is -2.06. The van der Waals surface area contributed by atoms with E-state index < -0.39 is 41.3 Å². The van der Waals surface area contributed by atoms with Gasteiger partial charge in [0, 0.05) is 11.8 Å². The van der Waals surface area contributed by atoms with Gasteiger partial charge in [-0.25, -0.2) is 22.0 Å². The second-order valence-electron chi connectivity index (χ2n) is 3.60. The van der Waals surface area contributed by atoms with E-state index in [0.29, 0.717) is 0 Å². The molecule has 0 saturated carbocycles. The Kier molecular flexibility index (Phi) is 3.48. The Bertz CT molecular complexity index is 615. The second kappa shape index (κ2) is 4.93. The third-order valence-corrected chi connectivity index (χ3v) is 2.52. The van der Waals surface area contributed by atoms with Crippen molar-refractivity contribution in [2.24, 2.45) is 0 Å². The summed E-state index contributed by atoms with van der Waals surface area (Å²) in [5.41, 5.74) is -1.64. The molecule has 0 unspecified atom stereocenters. The maximum atomic E-state index is 13.6. The number of nitrogens with zero attached hydrogens (tertiary/aromatic N) is 1. The lowest BCUT2D eigenvalue weighted by atomic mass is 10.0. The highest BCUT2D eigenvalue weighted by Gasteiger charge is 2.27. The molecule has 1 N–H and O–H groups in total. The molecule has 0 bridgehead atoms. The largest absolute Gasteiger partial charge is 0.390 e. The minimum atomic E-state index is -2.23. The van der Waals surface area contributed by atoms with Gasteiger partial charge in [-0.2, -0.15) is 0 Å². The molecular weight excluding hydrogens is 269 g/mol. The van der Waals surface area contributed by atoms with Gasteiger partial charge in [0.25, 0.3) is 0 Å². The van der Waals surface area contributed by atoms with E-state index in [1.807, 2.05) is 0 Å². The highest BCUT2D eigenvalue weighted by molar-refractivity contribution is 5.67. The van der Waals surface area contributed by atoms with Crippen molar-refractivity contribution in [1.82, 2.24) is 4.98 Å². The summed E-state index contributed by atoms with van der Waals surface area (Å²) >= 11 is 0. The van der Waals surface area contributed by atoms with Gasteiger partial charge in [0.15, 0.2) is 23.3 Å². The van der Waals surface area contributed by atoms with Crippen molar-refractivity contribution in [1.29, 1.82) is 0 Å². The Balaban J connectivity index is 2.83. The predicted octanol–water partition coefficient (Wildman–Crippen LogP) is 2.94. The SMILES string of the molecule is OCc1ncccc1-c1c(F)c(F)c(F)c(F)c1F. The van der Waals surface area contributed by atoms with E-state index in [9.17, 15) is 22.0 Å². The fraction of sp³-hybridized carbons (Fsp3) is 0.0833. The number of aliphatic hydroxyl groups is 1. The van der Waals surface area contributed by atoms with Gasteiger partial charge in [0.2, 0.25) is 5.82 Å². The van der Waals surface area contributed by atoms with E-state index in [1.54, 1.807) is 0 Å². The molecule has 0 saturated heterocycles. The number of aliphatic hydroxyl groups excluding tert-OH is 1. The van der Waals surface area contributed by atoms with Crippen LogP contribution >= 0.6 is 0 Å². The summed E-state index contributed by atoms with van der Waals surface area (Å²) in [5.74, 6) is -10.2. The molecule has 0 aliphatic carbocycles. The number of aromatic nitrogens is 1. The Labute approximate surface area is 104 Å². The van der Waals surface area contributed by atoms with Crippen molar-refractivity contribution in [2.75, 3.05) is 0 Å². The van der Waals surface area contributed by atoms with Crippen LogP contribution in [0.15, 0.2) is 18.3 Å². The van der Waals surface area contributed by atoms with Crippen LogP contribution in [-0.2, 0) is 6.61 Å². The molecule has 100 valence electrons. The number of halogens is 5.